The highest BCUT2D eigenvalue weighted by molar-refractivity contribution is 5.85. The van der Waals surface area contributed by atoms with Crippen molar-refractivity contribution < 1.29 is 23.8 Å². The van der Waals surface area contributed by atoms with Crippen LogP contribution >= 0.6 is 0 Å². The number of esters is 1. The summed E-state index contributed by atoms with van der Waals surface area (Å²) in [5.74, 6) is 0.218. The van der Waals surface area contributed by atoms with Crippen LogP contribution in [0.25, 0.3) is 0 Å². The number of amides is 1. The summed E-state index contributed by atoms with van der Waals surface area (Å²) in [6.07, 6.45) is 0.270. The van der Waals surface area contributed by atoms with Crippen LogP contribution in [0.3, 0.4) is 0 Å². The highest BCUT2D eigenvalue weighted by Gasteiger charge is 2.24. The molecule has 0 saturated heterocycles. The molecule has 0 radical (unpaired) electrons. The van der Waals surface area contributed by atoms with Crippen LogP contribution in [0.5, 0.6) is 11.5 Å². The quantitative estimate of drug-likeness (QED) is 0.419. The molecule has 0 aliphatic carbocycles. The minimum absolute atomic E-state index is 0.209. The van der Waals surface area contributed by atoms with E-state index in [2.05, 4.69) is 5.32 Å². The first-order chi connectivity index (χ1) is 16.5. The summed E-state index contributed by atoms with van der Waals surface area (Å²) in [7, 11) is 1.31. The molecule has 34 heavy (non-hydrogen) atoms. The number of methoxy groups -OCH3 is 1. The number of nitrogens with one attached hydrogen (secondary N) is 1. The van der Waals surface area contributed by atoms with E-state index in [0.29, 0.717) is 24.7 Å². The van der Waals surface area contributed by atoms with E-state index in [9.17, 15) is 9.59 Å². The fourth-order valence-electron chi connectivity index (χ4n) is 3.29. The van der Waals surface area contributed by atoms with Gasteiger partial charge in [-0.05, 0) is 28.8 Å². The molecular formula is C28H31NO5. The van der Waals surface area contributed by atoms with Crippen molar-refractivity contribution in [3.8, 4) is 11.5 Å². The van der Waals surface area contributed by atoms with Gasteiger partial charge in [-0.15, -0.1) is 0 Å². The number of hydrogen-bond acceptors (Lipinski definition) is 5. The first-order valence-electron chi connectivity index (χ1n) is 11.3. The van der Waals surface area contributed by atoms with E-state index >= 15 is 0 Å². The molecule has 0 bridgehead atoms. The largest absolute Gasteiger partial charge is 0.485 e. The number of ether oxygens (including phenoxy) is 3. The Hall–Kier alpha value is -3.80. The average molecular weight is 462 g/mol. The molecule has 3 aromatic carbocycles. The van der Waals surface area contributed by atoms with Crippen molar-refractivity contribution in [1.29, 1.82) is 0 Å². The SMILES string of the molecule is COC(=O)[C@H](Cc1ccc(OCc2ccccc2)c(OCc2ccccc2)c1)NC(=O)C(C)C. The normalized spacial score (nSPS) is 11.5. The molecule has 178 valence electrons. The second-order valence-electron chi connectivity index (χ2n) is 8.27. The van der Waals surface area contributed by atoms with E-state index in [0.717, 1.165) is 16.7 Å². The van der Waals surface area contributed by atoms with E-state index in [1.54, 1.807) is 13.8 Å². The second-order valence-corrected chi connectivity index (χ2v) is 8.27. The minimum Gasteiger partial charge on any atom is -0.485 e. The lowest BCUT2D eigenvalue weighted by Gasteiger charge is -2.19. The molecule has 0 aliphatic rings. The standard InChI is InChI=1S/C28H31NO5/c1-20(2)27(30)29-24(28(31)32-3)16-23-14-15-25(33-18-21-10-6-4-7-11-21)26(17-23)34-19-22-12-8-5-9-13-22/h4-15,17,20,24H,16,18-19H2,1-3H3,(H,29,30)/t24-/m0/s1. The zero-order valence-corrected chi connectivity index (χ0v) is 19.8. The summed E-state index contributed by atoms with van der Waals surface area (Å²) in [4.78, 5) is 24.5. The summed E-state index contributed by atoms with van der Waals surface area (Å²) in [6.45, 7) is 4.32. The van der Waals surface area contributed by atoms with E-state index in [1.165, 1.54) is 7.11 Å². The molecule has 6 heteroatoms. The predicted molar refractivity (Wildman–Crippen MR) is 130 cm³/mol. The van der Waals surface area contributed by atoms with E-state index in [-0.39, 0.29) is 18.2 Å². The molecule has 0 unspecified atom stereocenters. The number of hydrogen-bond donors (Lipinski definition) is 1. The zero-order valence-electron chi connectivity index (χ0n) is 19.8. The van der Waals surface area contributed by atoms with Gasteiger partial charge in [-0.2, -0.15) is 0 Å². The summed E-state index contributed by atoms with van der Waals surface area (Å²) in [5, 5.41) is 2.77. The maximum Gasteiger partial charge on any atom is 0.328 e. The molecule has 1 N–H and O–H groups in total. The molecule has 3 aromatic rings. The summed E-state index contributed by atoms with van der Waals surface area (Å²) >= 11 is 0. The third kappa shape index (κ3) is 7.37. The van der Waals surface area contributed by atoms with Gasteiger partial charge in [0.05, 0.1) is 7.11 Å². The number of rotatable bonds is 11. The predicted octanol–water partition coefficient (Wildman–Crippen LogP) is 4.70. The van der Waals surface area contributed by atoms with Crippen molar-refractivity contribution in [2.24, 2.45) is 5.92 Å². The van der Waals surface area contributed by atoms with Crippen LogP contribution in [0.4, 0.5) is 0 Å². The second kappa shape index (κ2) is 12.4. The highest BCUT2D eigenvalue weighted by atomic mass is 16.5. The summed E-state index contributed by atoms with van der Waals surface area (Å²) < 4.78 is 17.1. The van der Waals surface area contributed by atoms with Crippen LogP contribution in [-0.2, 0) is 34.0 Å². The van der Waals surface area contributed by atoms with Crippen molar-refractivity contribution in [3.63, 3.8) is 0 Å². The molecule has 0 heterocycles. The van der Waals surface area contributed by atoms with Gasteiger partial charge in [-0.1, -0.05) is 80.6 Å². The Morgan fingerprint density at radius 2 is 1.32 bits per heavy atom. The Labute approximate surface area is 200 Å². The number of carbonyl (C=O) groups is 2. The summed E-state index contributed by atoms with van der Waals surface area (Å²) in [5.41, 5.74) is 2.89. The third-order valence-corrected chi connectivity index (χ3v) is 5.25. The third-order valence-electron chi connectivity index (χ3n) is 5.25. The molecule has 1 atom stereocenters. The van der Waals surface area contributed by atoms with Gasteiger partial charge in [0.15, 0.2) is 11.5 Å². The van der Waals surface area contributed by atoms with E-state index in [1.807, 2.05) is 78.9 Å². The first kappa shape index (κ1) is 24.8. The molecule has 1 amide bonds. The Morgan fingerprint density at radius 3 is 1.85 bits per heavy atom. The summed E-state index contributed by atoms with van der Waals surface area (Å²) in [6, 6.07) is 24.5. The Morgan fingerprint density at radius 1 is 0.765 bits per heavy atom. The molecule has 0 saturated carbocycles. The topological polar surface area (TPSA) is 73.9 Å². The van der Waals surface area contributed by atoms with Gasteiger partial charge in [0.25, 0.3) is 0 Å². The smallest absolute Gasteiger partial charge is 0.328 e. The van der Waals surface area contributed by atoms with Crippen LogP contribution in [0, 0.1) is 5.92 Å². The molecule has 0 aliphatic heterocycles. The lowest BCUT2D eigenvalue weighted by Crippen LogP contribution is -2.44. The van der Waals surface area contributed by atoms with Gasteiger partial charge in [-0.25, -0.2) is 4.79 Å². The monoisotopic (exact) mass is 461 g/mol. The van der Waals surface area contributed by atoms with Crippen LogP contribution in [0.2, 0.25) is 0 Å². The van der Waals surface area contributed by atoms with Gasteiger partial charge in [0.1, 0.15) is 19.3 Å². The fraction of sp³-hybridized carbons (Fsp3) is 0.286. The van der Waals surface area contributed by atoms with Crippen LogP contribution < -0.4 is 14.8 Å². The van der Waals surface area contributed by atoms with Crippen molar-refractivity contribution in [3.05, 3.63) is 95.6 Å². The lowest BCUT2D eigenvalue weighted by molar-refractivity contribution is -0.145. The number of benzene rings is 3. The molecule has 0 fully saturated rings. The van der Waals surface area contributed by atoms with Crippen LogP contribution in [-0.4, -0.2) is 25.0 Å². The van der Waals surface area contributed by atoms with Gasteiger partial charge >= 0.3 is 5.97 Å². The van der Waals surface area contributed by atoms with E-state index in [4.69, 9.17) is 14.2 Å². The lowest BCUT2D eigenvalue weighted by atomic mass is 10.0. The minimum atomic E-state index is -0.794. The van der Waals surface area contributed by atoms with Crippen molar-refractivity contribution >= 4 is 11.9 Å². The highest BCUT2D eigenvalue weighted by Crippen LogP contribution is 2.30. The Bertz CT molecular complexity index is 1070. The van der Waals surface area contributed by atoms with Crippen molar-refractivity contribution in [2.75, 3.05) is 7.11 Å². The van der Waals surface area contributed by atoms with Gasteiger partial charge in [0.2, 0.25) is 5.91 Å². The molecule has 3 rings (SSSR count). The van der Waals surface area contributed by atoms with Crippen LogP contribution in [0.1, 0.15) is 30.5 Å². The van der Waals surface area contributed by atoms with Gasteiger partial charge in [0, 0.05) is 12.3 Å². The van der Waals surface area contributed by atoms with E-state index < -0.39 is 12.0 Å². The molecular weight excluding hydrogens is 430 g/mol. The first-order valence-corrected chi connectivity index (χ1v) is 11.3. The zero-order chi connectivity index (χ0) is 24.3. The van der Waals surface area contributed by atoms with Crippen LogP contribution in [0.15, 0.2) is 78.9 Å². The van der Waals surface area contributed by atoms with Gasteiger partial charge < -0.3 is 19.5 Å². The van der Waals surface area contributed by atoms with Crippen molar-refractivity contribution in [2.45, 2.75) is 39.5 Å². The molecule has 0 aromatic heterocycles. The molecule has 6 nitrogen and oxygen atoms in total. The van der Waals surface area contributed by atoms with Gasteiger partial charge in [-0.3, -0.25) is 4.79 Å². The molecule has 0 spiro atoms. The van der Waals surface area contributed by atoms with Crippen molar-refractivity contribution in [1.82, 2.24) is 5.32 Å². The maximum absolute atomic E-state index is 12.3. The Balaban J connectivity index is 1.80. The fourth-order valence-corrected chi connectivity index (χ4v) is 3.29. The average Bonchev–Trinajstić information content (AvgIpc) is 2.87. The maximum atomic E-state index is 12.3. The Kier molecular flexibility index (Phi) is 9.09. The number of carbonyl (C=O) groups excluding carboxylic acids is 2.